The molecule has 0 bridgehead atoms. The molecule has 0 spiro atoms. The summed E-state index contributed by atoms with van der Waals surface area (Å²) in [5.41, 5.74) is 0.155. The molecule has 2 rings (SSSR count). The van der Waals surface area contributed by atoms with Crippen molar-refractivity contribution < 1.29 is 9.90 Å². The lowest BCUT2D eigenvalue weighted by Crippen LogP contribution is -2.43. The molecule has 2 heterocycles. The van der Waals surface area contributed by atoms with Crippen LogP contribution in [0.25, 0.3) is 0 Å². The van der Waals surface area contributed by atoms with E-state index in [1.54, 1.807) is 0 Å². The lowest BCUT2D eigenvalue weighted by molar-refractivity contribution is 0.0857. The minimum atomic E-state index is -0.954. The van der Waals surface area contributed by atoms with Crippen LogP contribution in [0.4, 0.5) is 4.79 Å². The molecule has 1 amide bonds. The monoisotopic (exact) mass is 311 g/mol. The van der Waals surface area contributed by atoms with Crippen LogP contribution in [-0.2, 0) is 0 Å². The number of hydrogen-bond acceptors (Lipinski definition) is 4. The molecule has 1 fully saturated rings. The van der Waals surface area contributed by atoms with Gasteiger partial charge in [0.1, 0.15) is 0 Å². The third-order valence-electron chi connectivity index (χ3n) is 3.88. The maximum absolute atomic E-state index is 11.7. The Kier molecular flexibility index (Phi) is 4.32. The SMILES string of the molecule is CSc1nc(C2CCC(C(C)(C)C)N2C(=O)O)cc(=O)[nH]1. The Balaban J connectivity index is 2.42. The summed E-state index contributed by atoms with van der Waals surface area (Å²) >= 11 is 1.34. The highest BCUT2D eigenvalue weighted by molar-refractivity contribution is 7.98. The fourth-order valence-electron chi connectivity index (χ4n) is 2.94. The van der Waals surface area contributed by atoms with E-state index in [2.05, 4.69) is 9.97 Å². The van der Waals surface area contributed by atoms with Crippen LogP contribution in [0, 0.1) is 5.41 Å². The van der Waals surface area contributed by atoms with Gasteiger partial charge in [0, 0.05) is 12.1 Å². The molecule has 2 N–H and O–H groups in total. The summed E-state index contributed by atoms with van der Waals surface area (Å²) in [6, 6.07) is 0.990. The van der Waals surface area contributed by atoms with Gasteiger partial charge < -0.3 is 10.1 Å². The summed E-state index contributed by atoms with van der Waals surface area (Å²) in [5, 5.41) is 10.1. The van der Waals surface area contributed by atoms with E-state index in [0.29, 0.717) is 17.3 Å². The Labute approximate surface area is 128 Å². The Hall–Kier alpha value is -1.50. The lowest BCUT2D eigenvalue weighted by Gasteiger charge is -2.35. The molecule has 2 unspecified atom stereocenters. The number of nitrogens with one attached hydrogen (secondary N) is 1. The zero-order chi connectivity index (χ0) is 15.8. The van der Waals surface area contributed by atoms with Gasteiger partial charge in [-0.1, -0.05) is 32.5 Å². The average molecular weight is 311 g/mol. The third kappa shape index (κ3) is 3.23. The second kappa shape index (κ2) is 5.71. The normalized spacial score (nSPS) is 22.6. The lowest BCUT2D eigenvalue weighted by atomic mass is 9.85. The molecule has 1 aliphatic rings. The number of amides is 1. The molecule has 1 aromatic heterocycles. The number of rotatable bonds is 2. The van der Waals surface area contributed by atoms with Gasteiger partial charge >= 0.3 is 6.09 Å². The van der Waals surface area contributed by atoms with Crippen molar-refractivity contribution in [2.24, 2.45) is 5.41 Å². The number of thioether (sulfide) groups is 1. The molecule has 0 aromatic carbocycles. The first-order valence-corrected chi connectivity index (χ1v) is 8.13. The molecular weight excluding hydrogens is 290 g/mol. The summed E-state index contributed by atoms with van der Waals surface area (Å²) in [6.07, 6.45) is 2.34. The first kappa shape index (κ1) is 15.9. The van der Waals surface area contributed by atoms with Crippen molar-refractivity contribution in [3.63, 3.8) is 0 Å². The summed E-state index contributed by atoms with van der Waals surface area (Å²) < 4.78 is 0. The highest BCUT2D eigenvalue weighted by Crippen LogP contribution is 2.42. The topological polar surface area (TPSA) is 86.3 Å². The first-order valence-electron chi connectivity index (χ1n) is 6.90. The summed E-state index contributed by atoms with van der Waals surface area (Å²) in [5.74, 6) is 0. The largest absolute Gasteiger partial charge is 0.465 e. The van der Waals surface area contributed by atoms with Gasteiger partial charge in [0.2, 0.25) is 0 Å². The quantitative estimate of drug-likeness (QED) is 0.648. The number of nitrogens with zero attached hydrogens (tertiary/aromatic N) is 2. The van der Waals surface area contributed by atoms with Gasteiger partial charge in [-0.05, 0) is 24.5 Å². The molecule has 0 radical (unpaired) electrons. The molecular formula is C14H21N3O3S. The third-order valence-corrected chi connectivity index (χ3v) is 4.46. The van der Waals surface area contributed by atoms with Crippen LogP contribution in [0.5, 0.6) is 0 Å². The molecule has 0 saturated carbocycles. The highest BCUT2D eigenvalue weighted by atomic mass is 32.2. The van der Waals surface area contributed by atoms with E-state index in [0.717, 1.165) is 6.42 Å². The number of hydrogen-bond donors (Lipinski definition) is 2. The van der Waals surface area contributed by atoms with Crippen LogP contribution in [0.3, 0.4) is 0 Å². The molecule has 2 atom stereocenters. The van der Waals surface area contributed by atoms with Crippen LogP contribution in [0.2, 0.25) is 0 Å². The zero-order valence-electron chi connectivity index (χ0n) is 12.7. The standard InChI is InChI=1S/C14H21N3O3S/c1-14(2,3)10-6-5-9(17(10)13(19)20)8-7-11(18)16-12(15-8)21-4/h7,9-10H,5-6H2,1-4H3,(H,19,20)(H,15,16,18). The second-order valence-electron chi connectivity index (χ2n) is 6.34. The van der Waals surface area contributed by atoms with Gasteiger partial charge in [-0.15, -0.1) is 0 Å². The van der Waals surface area contributed by atoms with Crippen molar-refractivity contribution in [3.8, 4) is 0 Å². The van der Waals surface area contributed by atoms with E-state index in [9.17, 15) is 14.7 Å². The van der Waals surface area contributed by atoms with Gasteiger partial charge in [0.05, 0.1) is 11.7 Å². The predicted molar refractivity (Wildman–Crippen MR) is 81.7 cm³/mol. The minimum absolute atomic E-state index is 0.0705. The molecule has 6 nitrogen and oxygen atoms in total. The Morgan fingerprint density at radius 3 is 2.67 bits per heavy atom. The van der Waals surface area contributed by atoms with Crippen LogP contribution in [0.1, 0.15) is 45.3 Å². The number of carbonyl (C=O) groups is 1. The van der Waals surface area contributed by atoms with Crippen LogP contribution in [0.15, 0.2) is 16.0 Å². The molecule has 1 aliphatic heterocycles. The van der Waals surface area contributed by atoms with E-state index in [1.807, 2.05) is 27.0 Å². The van der Waals surface area contributed by atoms with E-state index >= 15 is 0 Å². The fraction of sp³-hybridized carbons (Fsp3) is 0.643. The van der Waals surface area contributed by atoms with Gasteiger partial charge in [0.25, 0.3) is 5.56 Å². The molecule has 1 saturated heterocycles. The van der Waals surface area contributed by atoms with Gasteiger partial charge in [-0.2, -0.15) is 0 Å². The summed E-state index contributed by atoms with van der Waals surface area (Å²) in [4.78, 5) is 31.9. The predicted octanol–water partition coefficient (Wildman–Crippen LogP) is 2.72. The molecule has 21 heavy (non-hydrogen) atoms. The number of aromatic amines is 1. The maximum Gasteiger partial charge on any atom is 0.408 e. The molecule has 1 aromatic rings. The van der Waals surface area contributed by atoms with Crippen molar-refractivity contribution in [1.29, 1.82) is 0 Å². The van der Waals surface area contributed by atoms with Gasteiger partial charge in [-0.25, -0.2) is 9.78 Å². The van der Waals surface area contributed by atoms with Crippen LogP contribution < -0.4 is 5.56 Å². The second-order valence-corrected chi connectivity index (χ2v) is 7.14. The maximum atomic E-state index is 11.7. The molecule has 116 valence electrons. The minimum Gasteiger partial charge on any atom is -0.465 e. The van der Waals surface area contributed by atoms with Gasteiger partial charge in [0.15, 0.2) is 5.16 Å². The Morgan fingerprint density at radius 2 is 2.14 bits per heavy atom. The van der Waals surface area contributed by atoms with Gasteiger partial charge in [-0.3, -0.25) is 9.69 Å². The summed E-state index contributed by atoms with van der Waals surface area (Å²) in [7, 11) is 0. The van der Waals surface area contributed by atoms with E-state index in [4.69, 9.17) is 0 Å². The zero-order valence-corrected chi connectivity index (χ0v) is 13.5. The van der Waals surface area contributed by atoms with Crippen molar-refractivity contribution in [2.45, 2.75) is 50.9 Å². The van der Waals surface area contributed by atoms with Crippen LogP contribution >= 0.6 is 11.8 Å². The van der Waals surface area contributed by atoms with Crippen molar-refractivity contribution >= 4 is 17.9 Å². The Morgan fingerprint density at radius 1 is 1.48 bits per heavy atom. The van der Waals surface area contributed by atoms with E-state index in [1.165, 1.54) is 22.7 Å². The number of likely N-dealkylation sites (tertiary alicyclic amines) is 1. The summed E-state index contributed by atoms with van der Waals surface area (Å²) in [6.45, 7) is 6.11. The average Bonchev–Trinajstić information content (AvgIpc) is 2.82. The number of H-pyrrole nitrogens is 1. The molecule has 0 aliphatic carbocycles. The molecule has 7 heteroatoms. The smallest absolute Gasteiger partial charge is 0.408 e. The van der Waals surface area contributed by atoms with Crippen molar-refractivity contribution in [1.82, 2.24) is 14.9 Å². The first-order chi connectivity index (χ1) is 9.74. The fourth-order valence-corrected chi connectivity index (χ4v) is 3.34. The van der Waals surface area contributed by atoms with Crippen LogP contribution in [-0.4, -0.2) is 38.4 Å². The van der Waals surface area contributed by atoms with E-state index < -0.39 is 6.09 Å². The highest BCUT2D eigenvalue weighted by Gasteiger charge is 2.44. The van der Waals surface area contributed by atoms with Crippen molar-refractivity contribution in [3.05, 3.63) is 22.1 Å². The Bertz CT molecular complexity index is 594. The number of aromatic nitrogens is 2. The van der Waals surface area contributed by atoms with E-state index in [-0.39, 0.29) is 23.1 Å². The van der Waals surface area contributed by atoms with Crippen molar-refractivity contribution in [2.75, 3.05) is 6.26 Å². The number of carboxylic acid groups (broad SMARTS) is 1.